The van der Waals surface area contributed by atoms with E-state index >= 15 is 0 Å². The van der Waals surface area contributed by atoms with Gasteiger partial charge in [0.2, 0.25) is 12.6 Å². The first-order valence-corrected chi connectivity index (χ1v) is 6.87. The molecule has 106 valence electrons. The molecule has 0 bridgehead atoms. The van der Waals surface area contributed by atoms with Crippen LogP contribution in [0.2, 0.25) is 0 Å². The highest BCUT2D eigenvalue weighted by Crippen LogP contribution is 2.26. The molecule has 20 heavy (non-hydrogen) atoms. The van der Waals surface area contributed by atoms with E-state index in [-0.39, 0.29) is 12.6 Å². The highest BCUT2D eigenvalue weighted by Gasteiger charge is 2.17. The van der Waals surface area contributed by atoms with E-state index in [2.05, 4.69) is 0 Å². The van der Waals surface area contributed by atoms with Crippen molar-refractivity contribution in [3.05, 3.63) is 60.1 Å². The Labute approximate surface area is 118 Å². The molecule has 1 aromatic carbocycles. The first kappa shape index (κ1) is 13.2. The van der Waals surface area contributed by atoms with Crippen molar-refractivity contribution in [1.82, 2.24) is 0 Å². The van der Waals surface area contributed by atoms with Gasteiger partial charge < -0.3 is 18.9 Å². The van der Waals surface area contributed by atoms with Crippen LogP contribution in [0, 0.1) is 0 Å². The van der Waals surface area contributed by atoms with Crippen molar-refractivity contribution in [1.29, 1.82) is 0 Å². The van der Waals surface area contributed by atoms with Gasteiger partial charge in [-0.1, -0.05) is 24.3 Å². The van der Waals surface area contributed by atoms with Gasteiger partial charge in [0.1, 0.15) is 0 Å². The molecule has 0 fully saturated rings. The second kappa shape index (κ2) is 6.59. The van der Waals surface area contributed by atoms with Crippen molar-refractivity contribution in [2.75, 3.05) is 13.2 Å². The van der Waals surface area contributed by atoms with Gasteiger partial charge in [0.05, 0.1) is 25.7 Å². The van der Waals surface area contributed by atoms with E-state index < -0.39 is 0 Å². The summed E-state index contributed by atoms with van der Waals surface area (Å²) in [7, 11) is 0. The molecule has 0 saturated heterocycles. The van der Waals surface area contributed by atoms with Crippen LogP contribution in [0.5, 0.6) is 0 Å². The van der Waals surface area contributed by atoms with Crippen molar-refractivity contribution in [3.8, 4) is 0 Å². The molecule has 3 rings (SSSR count). The van der Waals surface area contributed by atoms with Crippen molar-refractivity contribution in [3.63, 3.8) is 0 Å². The Morgan fingerprint density at radius 2 is 1.15 bits per heavy atom. The summed E-state index contributed by atoms with van der Waals surface area (Å²) in [6, 6.07) is 7.95. The maximum Gasteiger partial charge on any atom is 0.225 e. The Hall–Kier alpha value is -1.78. The molecule has 2 atom stereocenters. The molecule has 2 unspecified atom stereocenters. The average molecular weight is 274 g/mol. The summed E-state index contributed by atoms with van der Waals surface area (Å²) in [5.74, 6) is 0. The maximum atomic E-state index is 5.64. The van der Waals surface area contributed by atoms with Crippen molar-refractivity contribution in [2.45, 2.75) is 25.4 Å². The number of rotatable bonds is 2. The Morgan fingerprint density at radius 1 is 0.700 bits per heavy atom. The minimum absolute atomic E-state index is 0.335. The fraction of sp³-hybridized carbons (Fsp3) is 0.375. The van der Waals surface area contributed by atoms with Gasteiger partial charge in [-0.05, 0) is 25.0 Å². The van der Waals surface area contributed by atoms with Gasteiger partial charge in [-0.2, -0.15) is 0 Å². The first-order chi connectivity index (χ1) is 9.93. The Balaban J connectivity index is 1.70. The lowest BCUT2D eigenvalue weighted by atomic mass is 10.1. The molecule has 2 heterocycles. The number of benzene rings is 1. The summed E-state index contributed by atoms with van der Waals surface area (Å²) in [5.41, 5.74) is 1.98. The van der Waals surface area contributed by atoms with Gasteiger partial charge in [-0.25, -0.2) is 0 Å². The minimum atomic E-state index is -0.335. The predicted molar refractivity (Wildman–Crippen MR) is 73.5 cm³/mol. The van der Waals surface area contributed by atoms with Crippen LogP contribution in [-0.2, 0) is 18.9 Å². The largest absolute Gasteiger partial charge is 0.469 e. The average Bonchev–Trinajstić information content (AvgIpc) is 2.92. The Bertz CT molecular complexity index is 433. The lowest BCUT2D eigenvalue weighted by molar-refractivity contribution is -0.105. The predicted octanol–water partition coefficient (Wildman–Crippen LogP) is 3.59. The molecule has 0 amide bonds. The molecule has 2 aliphatic rings. The summed E-state index contributed by atoms with van der Waals surface area (Å²) >= 11 is 0. The SMILES string of the molecule is C1=COC(c2ccc(C3OC=CCCO3)cc2)OCC1. The van der Waals surface area contributed by atoms with E-state index in [1.54, 1.807) is 12.5 Å². The third-order valence-electron chi connectivity index (χ3n) is 3.19. The smallest absolute Gasteiger partial charge is 0.225 e. The van der Waals surface area contributed by atoms with E-state index in [0.717, 1.165) is 24.0 Å². The van der Waals surface area contributed by atoms with Crippen LogP contribution in [0.3, 0.4) is 0 Å². The van der Waals surface area contributed by atoms with Crippen LogP contribution in [-0.4, -0.2) is 13.2 Å². The van der Waals surface area contributed by atoms with E-state index in [4.69, 9.17) is 18.9 Å². The summed E-state index contributed by atoms with van der Waals surface area (Å²) in [6.07, 6.45) is 8.43. The monoisotopic (exact) mass is 274 g/mol. The van der Waals surface area contributed by atoms with Crippen LogP contribution < -0.4 is 0 Å². The first-order valence-electron chi connectivity index (χ1n) is 6.87. The standard InChI is InChI=1S/C16H18O4/c1-2-10-18-15(17-9-1)13-5-7-14(8-6-13)16-19-11-3-4-12-20-16/h1,3,5-9,11,15-16H,2,4,10,12H2. The fourth-order valence-electron chi connectivity index (χ4n) is 2.11. The van der Waals surface area contributed by atoms with Gasteiger partial charge in [0.25, 0.3) is 0 Å². The number of hydrogen-bond donors (Lipinski definition) is 0. The van der Waals surface area contributed by atoms with Gasteiger partial charge in [0, 0.05) is 11.1 Å². The lowest BCUT2D eigenvalue weighted by Gasteiger charge is -2.18. The van der Waals surface area contributed by atoms with E-state index in [1.165, 1.54) is 0 Å². The molecule has 0 saturated carbocycles. The number of ether oxygens (including phenoxy) is 4. The Morgan fingerprint density at radius 3 is 1.60 bits per heavy atom. The van der Waals surface area contributed by atoms with Gasteiger partial charge in [0.15, 0.2) is 0 Å². The van der Waals surface area contributed by atoms with Crippen molar-refractivity contribution in [2.24, 2.45) is 0 Å². The molecule has 0 aliphatic carbocycles. The summed E-state index contributed by atoms with van der Waals surface area (Å²) < 4.78 is 22.3. The van der Waals surface area contributed by atoms with Crippen LogP contribution >= 0.6 is 0 Å². The van der Waals surface area contributed by atoms with Gasteiger partial charge in [-0.15, -0.1) is 0 Å². The summed E-state index contributed by atoms with van der Waals surface area (Å²) in [6.45, 7) is 1.34. The van der Waals surface area contributed by atoms with Crippen LogP contribution in [0.25, 0.3) is 0 Å². The topological polar surface area (TPSA) is 36.9 Å². The molecule has 0 aromatic heterocycles. The highest BCUT2D eigenvalue weighted by molar-refractivity contribution is 5.24. The second-order valence-electron chi connectivity index (χ2n) is 4.67. The fourth-order valence-corrected chi connectivity index (χ4v) is 2.11. The normalized spacial score (nSPS) is 26.2. The summed E-state index contributed by atoms with van der Waals surface area (Å²) in [5, 5.41) is 0. The quantitative estimate of drug-likeness (QED) is 0.826. The third kappa shape index (κ3) is 3.21. The molecule has 0 radical (unpaired) electrons. The van der Waals surface area contributed by atoms with Crippen LogP contribution in [0.1, 0.15) is 36.5 Å². The van der Waals surface area contributed by atoms with Crippen LogP contribution in [0.15, 0.2) is 48.9 Å². The Kier molecular flexibility index (Phi) is 4.35. The van der Waals surface area contributed by atoms with Crippen molar-refractivity contribution < 1.29 is 18.9 Å². The van der Waals surface area contributed by atoms with Crippen LogP contribution in [0.4, 0.5) is 0 Å². The van der Waals surface area contributed by atoms with E-state index in [0.29, 0.717) is 13.2 Å². The zero-order valence-corrected chi connectivity index (χ0v) is 11.2. The van der Waals surface area contributed by atoms with Gasteiger partial charge >= 0.3 is 0 Å². The molecular formula is C16H18O4. The molecule has 1 aromatic rings. The summed E-state index contributed by atoms with van der Waals surface area (Å²) in [4.78, 5) is 0. The minimum Gasteiger partial charge on any atom is -0.469 e. The molecule has 2 aliphatic heterocycles. The van der Waals surface area contributed by atoms with Crippen molar-refractivity contribution >= 4 is 0 Å². The van der Waals surface area contributed by atoms with E-state index in [9.17, 15) is 0 Å². The highest BCUT2D eigenvalue weighted by atomic mass is 16.7. The zero-order valence-electron chi connectivity index (χ0n) is 11.2. The molecule has 0 spiro atoms. The second-order valence-corrected chi connectivity index (χ2v) is 4.67. The van der Waals surface area contributed by atoms with E-state index in [1.807, 2.05) is 36.4 Å². The zero-order chi connectivity index (χ0) is 13.6. The van der Waals surface area contributed by atoms with Gasteiger partial charge in [-0.3, -0.25) is 0 Å². The third-order valence-corrected chi connectivity index (χ3v) is 3.19. The molecular weight excluding hydrogens is 256 g/mol. The molecule has 0 N–H and O–H groups in total. The lowest BCUT2D eigenvalue weighted by Crippen LogP contribution is -2.07. The molecule has 4 nitrogen and oxygen atoms in total. The maximum absolute atomic E-state index is 5.64. The molecule has 4 heteroatoms. The number of hydrogen-bond acceptors (Lipinski definition) is 4.